The van der Waals surface area contributed by atoms with Crippen LogP contribution in [0, 0.1) is 23.7 Å². The molecule has 4 unspecified atom stereocenters. The Bertz CT molecular complexity index is 416. The number of amides is 2. The van der Waals surface area contributed by atoms with Crippen LogP contribution in [-0.2, 0) is 9.59 Å². The van der Waals surface area contributed by atoms with Gasteiger partial charge in [-0.3, -0.25) is 14.5 Å². The molecule has 4 atom stereocenters. The molecule has 2 fully saturated rings. The van der Waals surface area contributed by atoms with Crippen molar-refractivity contribution in [2.24, 2.45) is 23.7 Å². The van der Waals surface area contributed by atoms with E-state index in [1.165, 1.54) is 0 Å². The molecule has 5 nitrogen and oxygen atoms in total. The zero-order valence-electron chi connectivity index (χ0n) is 11.0. The van der Waals surface area contributed by atoms with Crippen molar-refractivity contribution < 1.29 is 19.8 Å². The van der Waals surface area contributed by atoms with Gasteiger partial charge >= 0.3 is 0 Å². The molecule has 0 aromatic heterocycles. The van der Waals surface area contributed by atoms with Crippen LogP contribution in [0.15, 0.2) is 12.2 Å². The summed E-state index contributed by atoms with van der Waals surface area (Å²) in [5, 5.41) is 19.1. The van der Waals surface area contributed by atoms with Gasteiger partial charge in [0.2, 0.25) is 11.8 Å². The van der Waals surface area contributed by atoms with E-state index >= 15 is 0 Å². The van der Waals surface area contributed by atoms with Crippen LogP contribution < -0.4 is 0 Å². The smallest absolute Gasteiger partial charge is 0.234 e. The molecule has 1 saturated heterocycles. The molecule has 2 N–H and O–H groups in total. The SMILES string of the molecule is CCC(CO)(CO)N1C(=O)C2C3C=CC(C3)C2C1=O. The quantitative estimate of drug-likeness (QED) is 0.551. The van der Waals surface area contributed by atoms with E-state index in [0.717, 1.165) is 11.3 Å². The lowest BCUT2D eigenvalue weighted by molar-refractivity contribution is -0.153. The summed E-state index contributed by atoms with van der Waals surface area (Å²) < 4.78 is 0. The number of nitrogens with zero attached hydrogens (tertiary/aromatic N) is 1. The lowest BCUT2D eigenvalue weighted by Gasteiger charge is -2.37. The Morgan fingerprint density at radius 3 is 2.00 bits per heavy atom. The molecule has 1 aliphatic heterocycles. The predicted octanol–water partition coefficient (Wildman–Crippen LogP) is -0.0731. The average Bonchev–Trinajstić information content (AvgIpc) is 3.09. The molecule has 0 aromatic rings. The summed E-state index contributed by atoms with van der Waals surface area (Å²) in [6, 6.07) is 0. The molecule has 0 spiro atoms. The van der Waals surface area contributed by atoms with Crippen LogP contribution in [0.1, 0.15) is 19.8 Å². The van der Waals surface area contributed by atoms with E-state index in [1.54, 1.807) is 6.92 Å². The number of imide groups is 1. The maximum Gasteiger partial charge on any atom is 0.234 e. The molecular formula is C14H19NO4. The molecule has 0 radical (unpaired) electrons. The number of allylic oxidation sites excluding steroid dienone is 2. The van der Waals surface area contributed by atoms with Crippen LogP contribution in [0.2, 0.25) is 0 Å². The second kappa shape index (κ2) is 4.15. The third-order valence-corrected chi connectivity index (χ3v) is 5.19. The first-order chi connectivity index (χ1) is 9.09. The van der Waals surface area contributed by atoms with E-state index in [0.29, 0.717) is 6.42 Å². The molecule has 5 heteroatoms. The Balaban J connectivity index is 1.98. The summed E-state index contributed by atoms with van der Waals surface area (Å²) in [7, 11) is 0. The van der Waals surface area contributed by atoms with E-state index in [-0.39, 0.29) is 48.7 Å². The molecule has 3 rings (SSSR count). The van der Waals surface area contributed by atoms with E-state index in [1.807, 2.05) is 12.2 Å². The number of likely N-dealkylation sites (tertiary alicyclic amines) is 1. The van der Waals surface area contributed by atoms with Crippen molar-refractivity contribution in [2.75, 3.05) is 13.2 Å². The van der Waals surface area contributed by atoms with Crippen molar-refractivity contribution in [3.05, 3.63) is 12.2 Å². The summed E-state index contributed by atoms with van der Waals surface area (Å²) >= 11 is 0. The maximum atomic E-state index is 12.6. The fourth-order valence-electron chi connectivity index (χ4n) is 3.94. The summed E-state index contributed by atoms with van der Waals surface area (Å²) in [6.07, 6.45) is 5.32. The van der Waals surface area contributed by atoms with Gasteiger partial charge in [-0.1, -0.05) is 19.1 Å². The van der Waals surface area contributed by atoms with Crippen molar-refractivity contribution in [3.63, 3.8) is 0 Å². The Morgan fingerprint density at radius 2 is 1.63 bits per heavy atom. The minimum atomic E-state index is -1.14. The minimum Gasteiger partial charge on any atom is -0.394 e. The van der Waals surface area contributed by atoms with E-state index in [9.17, 15) is 19.8 Å². The van der Waals surface area contributed by atoms with Gasteiger partial charge in [-0.25, -0.2) is 0 Å². The Kier molecular flexibility index (Phi) is 2.80. The van der Waals surface area contributed by atoms with Gasteiger partial charge in [0.25, 0.3) is 0 Å². The van der Waals surface area contributed by atoms with Gasteiger partial charge in [-0.15, -0.1) is 0 Å². The second-order valence-electron chi connectivity index (χ2n) is 5.91. The fourth-order valence-corrected chi connectivity index (χ4v) is 3.94. The van der Waals surface area contributed by atoms with Gasteiger partial charge in [0.05, 0.1) is 30.6 Å². The zero-order chi connectivity index (χ0) is 13.8. The van der Waals surface area contributed by atoms with Gasteiger partial charge in [0, 0.05) is 0 Å². The third-order valence-electron chi connectivity index (χ3n) is 5.19. The Labute approximate surface area is 111 Å². The minimum absolute atomic E-state index is 0.156. The number of aliphatic hydroxyl groups is 2. The third kappa shape index (κ3) is 1.43. The van der Waals surface area contributed by atoms with Gasteiger partial charge < -0.3 is 10.2 Å². The topological polar surface area (TPSA) is 77.8 Å². The Hall–Kier alpha value is -1.20. The van der Waals surface area contributed by atoms with E-state index in [2.05, 4.69) is 0 Å². The van der Waals surface area contributed by atoms with E-state index in [4.69, 9.17) is 0 Å². The monoisotopic (exact) mass is 265 g/mol. The standard InChI is InChI=1S/C14H19NO4/c1-2-14(6-16,7-17)15-12(18)10-8-3-4-9(5-8)11(10)13(15)19/h3-4,8-11,16-17H,2,5-7H2,1H3. The molecule has 2 amide bonds. The Morgan fingerprint density at radius 1 is 1.16 bits per heavy atom. The van der Waals surface area contributed by atoms with Crippen molar-refractivity contribution in [2.45, 2.75) is 25.3 Å². The molecule has 0 aromatic carbocycles. The maximum absolute atomic E-state index is 12.6. The molecule has 2 bridgehead atoms. The van der Waals surface area contributed by atoms with Crippen molar-refractivity contribution in [1.82, 2.24) is 4.90 Å². The zero-order valence-corrected chi connectivity index (χ0v) is 11.0. The summed E-state index contributed by atoms with van der Waals surface area (Å²) in [6.45, 7) is 0.993. The first-order valence-electron chi connectivity index (χ1n) is 6.87. The second-order valence-corrected chi connectivity index (χ2v) is 5.91. The summed E-state index contributed by atoms with van der Waals surface area (Å²) in [4.78, 5) is 26.3. The van der Waals surface area contributed by atoms with Crippen molar-refractivity contribution in [3.8, 4) is 0 Å². The number of rotatable bonds is 4. The average molecular weight is 265 g/mol. The molecule has 104 valence electrons. The largest absolute Gasteiger partial charge is 0.394 e. The first kappa shape index (κ1) is 12.8. The van der Waals surface area contributed by atoms with Crippen LogP contribution in [0.4, 0.5) is 0 Å². The molecule has 1 heterocycles. The normalized spacial score (nSPS) is 36.5. The molecule has 19 heavy (non-hydrogen) atoms. The fraction of sp³-hybridized carbons (Fsp3) is 0.714. The predicted molar refractivity (Wildman–Crippen MR) is 66.8 cm³/mol. The lowest BCUT2D eigenvalue weighted by Crippen LogP contribution is -2.57. The first-order valence-corrected chi connectivity index (χ1v) is 6.87. The number of hydrogen-bond acceptors (Lipinski definition) is 4. The van der Waals surface area contributed by atoms with Crippen LogP contribution >= 0.6 is 0 Å². The number of fused-ring (bicyclic) bond motifs is 5. The van der Waals surface area contributed by atoms with Crippen LogP contribution in [0.5, 0.6) is 0 Å². The van der Waals surface area contributed by atoms with Crippen LogP contribution in [0.3, 0.4) is 0 Å². The molecule has 1 saturated carbocycles. The van der Waals surface area contributed by atoms with E-state index < -0.39 is 5.54 Å². The molecule has 3 aliphatic rings. The summed E-state index contributed by atoms with van der Waals surface area (Å²) in [5.74, 6) is -0.654. The molecular weight excluding hydrogens is 246 g/mol. The number of aliphatic hydroxyl groups excluding tert-OH is 2. The summed E-state index contributed by atoms with van der Waals surface area (Å²) in [5.41, 5.74) is -1.14. The van der Waals surface area contributed by atoms with Gasteiger partial charge in [-0.05, 0) is 24.7 Å². The highest BCUT2D eigenvalue weighted by atomic mass is 16.3. The number of carbonyl (C=O) groups is 2. The van der Waals surface area contributed by atoms with Gasteiger partial charge in [0.1, 0.15) is 0 Å². The highest BCUT2D eigenvalue weighted by Crippen LogP contribution is 2.53. The van der Waals surface area contributed by atoms with Gasteiger partial charge in [0.15, 0.2) is 0 Å². The number of hydrogen-bond donors (Lipinski definition) is 2. The van der Waals surface area contributed by atoms with Crippen molar-refractivity contribution in [1.29, 1.82) is 0 Å². The van der Waals surface area contributed by atoms with Gasteiger partial charge in [-0.2, -0.15) is 0 Å². The van der Waals surface area contributed by atoms with Crippen LogP contribution in [-0.4, -0.2) is 45.7 Å². The van der Waals surface area contributed by atoms with Crippen molar-refractivity contribution >= 4 is 11.8 Å². The molecule has 2 aliphatic carbocycles. The lowest BCUT2D eigenvalue weighted by atomic mass is 9.85. The highest BCUT2D eigenvalue weighted by molar-refractivity contribution is 6.07. The highest BCUT2D eigenvalue weighted by Gasteiger charge is 2.62. The van der Waals surface area contributed by atoms with Crippen LogP contribution in [0.25, 0.3) is 0 Å². The number of carbonyl (C=O) groups excluding carboxylic acids is 2.